The lowest BCUT2D eigenvalue weighted by atomic mass is 9.88. The van der Waals surface area contributed by atoms with Crippen molar-refractivity contribution < 1.29 is 4.74 Å². The van der Waals surface area contributed by atoms with Crippen molar-refractivity contribution in [2.45, 2.75) is 43.8 Å². The SMILES string of the molecule is c1ccc(C(NC2CCC(N3CCOCC3)CC2)c2ccccc2)cc1. The second-order valence-corrected chi connectivity index (χ2v) is 7.57. The molecule has 0 spiro atoms. The van der Waals surface area contributed by atoms with Gasteiger partial charge in [0.25, 0.3) is 0 Å². The monoisotopic (exact) mass is 350 g/mol. The molecule has 0 unspecified atom stereocenters. The molecule has 1 N–H and O–H groups in total. The first-order valence-electron chi connectivity index (χ1n) is 10.1. The van der Waals surface area contributed by atoms with E-state index in [-0.39, 0.29) is 6.04 Å². The highest BCUT2D eigenvalue weighted by atomic mass is 16.5. The Balaban J connectivity index is 1.41. The first-order chi connectivity index (χ1) is 12.9. The van der Waals surface area contributed by atoms with Gasteiger partial charge in [-0.25, -0.2) is 0 Å². The summed E-state index contributed by atoms with van der Waals surface area (Å²) in [5, 5.41) is 3.97. The molecule has 1 saturated carbocycles. The van der Waals surface area contributed by atoms with Crippen molar-refractivity contribution in [1.82, 2.24) is 10.2 Å². The van der Waals surface area contributed by atoms with E-state index in [0.29, 0.717) is 6.04 Å². The summed E-state index contributed by atoms with van der Waals surface area (Å²) in [5.74, 6) is 0. The second kappa shape index (κ2) is 8.81. The first kappa shape index (κ1) is 17.7. The molecular weight excluding hydrogens is 320 g/mol. The zero-order valence-corrected chi connectivity index (χ0v) is 15.5. The summed E-state index contributed by atoms with van der Waals surface area (Å²) < 4.78 is 5.51. The van der Waals surface area contributed by atoms with E-state index in [4.69, 9.17) is 4.74 Å². The zero-order chi connectivity index (χ0) is 17.6. The Bertz CT molecular complexity index is 607. The van der Waals surface area contributed by atoms with Gasteiger partial charge in [-0.3, -0.25) is 4.90 Å². The molecule has 1 heterocycles. The Morgan fingerprint density at radius 3 is 1.85 bits per heavy atom. The molecule has 4 rings (SSSR count). The van der Waals surface area contributed by atoms with Gasteiger partial charge in [0.1, 0.15) is 0 Å². The first-order valence-corrected chi connectivity index (χ1v) is 10.1. The lowest BCUT2D eigenvalue weighted by Gasteiger charge is -2.39. The number of ether oxygens (including phenoxy) is 1. The summed E-state index contributed by atoms with van der Waals surface area (Å²) in [6.45, 7) is 4.03. The quantitative estimate of drug-likeness (QED) is 0.882. The van der Waals surface area contributed by atoms with Crippen LogP contribution in [-0.2, 0) is 4.74 Å². The fourth-order valence-electron chi connectivity index (χ4n) is 4.46. The van der Waals surface area contributed by atoms with Crippen LogP contribution >= 0.6 is 0 Å². The molecule has 2 aromatic rings. The largest absolute Gasteiger partial charge is 0.379 e. The molecule has 0 aromatic heterocycles. The third-order valence-electron chi connectivity index (χ3n) is 5.93. The van der Waals surface area contributed by atoms with Crippen LogP contribution in [-0.4, -0.2) is 43.3 Å². The van der Waals surface area contributed by atoms with E-state index < -0.39 is 0 Å². The minimum Gasteiger partial charge on any atom is -0.379 e. The van der Waals surface area contributed by atoms with E-state index in [0.717, 1.165) is 32.3 Å². The molecule has 138 valence electrons. The highest BCUT2D eigenvalue weighted by Crippen LogP contribution is 2.28. The van der Waals surface area contributed by atoms with Gasteiger partial charge >= 0.3 is 0 Å². The van der Waals surface area contributed by atoms with Crippen molar-refractivity contribution in [3.8, 4) is 0 Å². The highest BCUT2D eigenvalue weighted by molar-refractivity contribution is 5.31. The van der Waals surface area contributed by atoms with Crippen LogP contribution in [0, 0.1) is 0 Å². The van der Waals surface area contributed by atoms with Crippen LogP contribution in [0.1, 0.15) is 42.9 Å². The van der Waals surface area contributed by atoms with Crippen LogP contribution in [0.3, 0.4) is 0 Å². The summed E-state index contributed by atoms with van der Waals surface area (Å²) in [5.41, 5.74) is 2.71. The van der Waals surface area contributed by atoms with Gasteiger partial charge in [0, 0.05) is 25.2 Å². The zero-order valence-electron chi connectivity index (χ0n) is 15.5. The number of benzene rings is 2. The third kappa shape index (κ3) is 4.35. The number of rotatable bonds is 5. The highest BCUT2D eigenvalue weighted by Gasteiger charge is 2.28. The predicted octanol–water partition coefficient (Wildman–Crippen LogP) is 4.01. The van der Waals surface area contributed by atoms with Crippen LogP contribution in [0.4, 0.5) is 0 Å². The van der Waals surface area contributed by atoms with Gasteiger partial charge in [-0.05, 0) is 36.8 Å². The minimum atomic E-state index is 0.280. The maximum Gasteiger partial charge on any atom is 0.0594 e. The molecule has 0 atom stereocenters. The Morgan fingerprint density at radius 1 is 0.769 bits per heavy atom. The number of nitrogens with zero attached hydrogens (tertiary/aromatic N) is 1. The summed E-state index contributed by atoms with van der Waals surface area (Å²) in [7, 11) is 0. The lowest BCUT2D eigenvalue weighted by molar-refractivity contribution is 0.00637. The van der Waals surface area contributed by atoms with Crippen LogP contribution in [0.5, 0.6) is 0 Å². The lowest BCUT2D eigenvalue weighted by Crippen LogP contribution is -2.47. The minimum absolute atomic E-state index is 0.280. The van der Waals surface area contributed by atoms with E-state index >= 15 is 0 Å². The molecular formula is C23H30N2O. The molecule has 2 aromatic carbocycles. The maximum absolute atomic E-state index is 5.51. The number of hydrogen-bond donors (Lipinski definition) is 1. The summed E-state index contributed by atoms with van der Waals surface area (Å²) in [4.78, 5) is 2.64. The Kier molecular flexibility index (Phi) is 6.00. The third-order valence-corrected chi connectivity index (χ3v) is 5.93. The van der Waals surface area contributed by atoms with E-state index in [9.17, 15) is 0 Å². The summed E-state index contributed by atoms with van der Waals surface area (Å²) in [6.07, 6.45) is 5.12. The standard InChI is InChI=1S/C23H30N2O/c1-3-7-19(8-4-1)23(20-9-5-2-6-10-20)24-21-11-13-22(14-12-21)25-15-17-26-18-16-25/h1-10,21-24H,11-18H2. The van der Waals surface area contributed by atoms with E-state index in [1.807, 2.05) is 0 Å². The molecule has 1 saturated heterocycles. The Labute approximate surface area is 157 Å². The van der Waals surface area contributed by atoms with E-state index in [2.05, 4.69) is 70.9 Å². The molecule has 0 amide bonds. The van der Waals surface area contributed by atoms with Crippen molar-refractivity contribution >= 4 is 0 Å². The van der Waals surface area contributed by atoms with E-state index in [1.54, 1.807) is 0 Å². The van der Waals surface area contributed by atoms with Gasteiger partial charge in [0.15, 0.2) is 0 Å². The van der Waals surface area contributed by atoms with Gasteiger partial charge in [-0.1, -0.05) is 60.7 Å². The van der Waals surface area contributed by atoms with Gasteiger partial charge in [0.05, 0.1) is 19.3 Å². The summed E-state index contributed by atoms with van der Waals surface area (Å²) in [6, 6.07) is 23.3. The molecule has 2 fully saturated rings. The topological polar surface area (TPSA) is 24.5 Å². The molecule has 2 aliphatic rings. The summed E-state index contributed by atoms with van der Waals surface area (Å²) >= 11 is 0. The van der Waals surface area contributed by atoms with Crippen molar-refractivity contribution in [3.63, 3.8) is 0 Å². The fraction of sp³-hybridized carbons (Fsp3) is 0.478. The Morgan fingerprint density at radius 2 is 1.31 bits per heavy atom. The van der Waals surface area contributed by atoms with Gasteiger partial charge in [-0.2, -0.15) is 0 Å². The fourth-order valence-corrected chi connectivity index (χ4v) is 4.46. The number of hydrogen-bond acceptors (Lipinski definition) is 3. The molecule has 0 bridgehead atoms. The maximum atomic E-state index is 5.51. The van der Waals surface area contributed by atoms with Crippen LogP contribution in [0.15, 0.2) is 60.7 Å². The predicted molar refractivity (Wildman–Crippen MR) is 106 cm³/mol. The Hall–Kier alpha value is -1.68. The van der Waals surface area contributed by atoms with Crippen LogP contribution < -0.4 is 5.32 Å². The van der Waals surface area contributed by atoms with Gasteiger partial charge in [0.2, 0.25) is 0 Å². The normalized spacial score (nSPS) is 24.7. The molecule has 3 heteroatoms. The van der Waals surface area contributed by atoms with E-state index in [1.165, 1.54) is 36.8 Å². The smallest absolute Gasteiger partial charge is 0.0594 e. The van der Waals surface area contributed by atoms with Crippen molar-refractivity contribution in [3.05, 3.63) is 71.8 Å². The molecule has 0 radical (unpaired) electrons. The number of morpholine rings is 1. The van der Waals surface area contributed by atoms with Crippen molar-refractivity contribution in [2.24, 2.45) is 0 Å². The van der Waals surface area contributed by atoms with Crippen molar-refractivity contribution in [2.75, 3.05) is 26.3 Å². The average Bonchev–Trinajstić information content (AvgIpc) is 2.74. The number of nitrogens with one attached hydrogen (secondary N) is 1. The second-order valence-electron chi connectivity index (χ2n) is 7.57. The molecule has 26 heavy (non-hydrogen) atoms. The van der Waals surface area contributed by atoms with Crippen LogP contribution in [0.2, 0.25) is 0 Å². The van der Waals surface area contributed by atoms with Gasteiger partial charge < -0.3 is 10.1 Å². The van der Waals surface area contributed by atoms with Crippen molar-refractivity contribution in [1.29, 1.82) is 0 Å². The molecule has 1 aliphatic carbocycles. The van der Waals surface area contributed by atoms with Crippen LogP contribution in [0.25, 0.3) is 0 Å². The molecule has 3 nitrogen and oxygen atoms in total. The average molecular weight is 351 g/mol. The van der Waals surface area contributed by atoms with Gasteiger partial charge in [-0.15, -0.1) is 0 Å². The molecule has 1 aliphatic heterocycles.